The number of aryl methyl sites for hydroxylation is 3. The van der Waals surface area contributed by atoms with Crippen molar-refractivity contribution >= 4 is 11.6 Å². The van der Waals surface area contributed by atoms with Crippen LogP contribution < -0.4 is 4.74 Å². The Bertz CT molecular complexity index is 599. The predicted octanol–water partition coefficient (Wildman–Crippen LogP) is 4.85. The van der Waals surface area contributed by atoms with Gasteiger partial charge in [0.05, 0.1) is 12.5 Å². The van der Waals surface area contributed by atoms with Crippen LogP contribution in [0.2, 0.25) is 0 Å². The van der Waals surface area contributed by atoms with Gasteiger partial charge >= 0.3 is 0 Å². The number of furan rings is 1. The molecule has 0 spiro atoms. The lowest BCUT2D eigenvalue weighted by Gasteiger charge is -2.14. The largest absolute Gasteiger partial charge is 0.497 e. The van der Waals surface area contributed by atoms with Gasteiger partial charge in [-0.3, -0.25) is 0 Å². The van der Waals surface area contributed by atoms with E-state index < -0.39 is 0 Å². The second-order valence-corrected chi connectivity index (χ2v) is 5.27. The van der Waals surface area contributed by atoms with Crippen LogP contribution in [0, 0.1) is 27.7 Å². The van der Waals surface area contributed by atoms with E-state index in [4.69, 9.17) is 20.8 Å². The lowest BCUT2D eigenvalue weighted by atomic mass is 9.97. The molecule has 0 aliphatic rings. The molecule has 1 aromatic carbocycles. The van der Waals surface area contributed by atoms with Crippen LogP contribution in [0.1, 0.15) is 39.2 Å². The molecule has 0 radical (unpaired) electrons. The van der Waals surface area contributed by atoms with E-state index in [2.05, 4.69) is 6.92 Å². The summed E-state index contributed by atoms with van der Waals surface area (Å²) in [5.41, 5.74) is 4.42. The third-order valence-corrected chi connectivity index (χ3v) is 4.07. The summed E-state index contributed by atoms with van der Waals surface area (Å²) in [4.78, 5) is 0. The summed E-state index contributed by atoms with van der Waals surface area (Å²) >= 11 is 6.66. The van der Waals surface area contributed by atoms with E-state index in [0.29, 0.717) is 0 Å². The zero-order valence-electron chi connectivity index (χ0n) is 12.0. The summed E-state index contributed by atoms with van der Waals surface area (Å²) in [5.74, 6) is 2.68. The summed E-state index contributed by atoms with van der Waals surface area (Å²) in [7, 11) is 1.67. The molecule has 102 valence electrons. The molecule has 2 rings (SSSR count). The number of halogens is 1. The lowest BCUT2D eigenvalue weighted by Crippen LogP contribution is -1.99. The van der Waals surface area contributed by atoms with Crippen molar-refractivity contribution < 1.29 is 9.15 Å². The van der Waals surface area contributed by atoms with Gasteiger partial charge in [0, 0.05) is 5.56 Å². The van der Waals surface area contributed by atoms with Crippen molar-refractivity contribution in [3.05, 3.63) is 52.0 Å². The number of methoxy groups -OCH3 is 1. The van der Waals surface area contributed by atoms with Gasteiger partial charge in [-0.2, -0.15) is 0 Å². The minimum Gasteiger partial charge on any atom is -0.497 e. The molecule has 3 heteroatoms. The third-order valence-electron chi connectivity index (χ3n) is 3.62. The molecule has 1 heterocycles. The predicted molar refractivity (Wildman–Crippen MR) is 78.3 cm³/mol. The molecule has 0 saturated carbocycles. The molecule has 0 fully saturated rings. The van der Waals surface area contributed by atoms with Gasteiger partial charge < -0.3 is 9.15 Å². The Morgan fingerprint density at radius 3 is 2.26 bits per heavy atom. The number of alkyl halides is 1. The number of benzene rings is 1. The van der Waals surface area contributed by atoms with E-state index in [1.54, 1.807) is 7.11 Å². The maximum absolute atomic E-state index is 6.66. The van der Waals surface area contributed by atoms with Gasteiger partial charge in [0.15, 0.2) is 0 Å². The molecule has 1 aromatic heterocycles. The number of ether oxygens (including phenoxy) is 1. The highest BCUT2D eigenvalue weighted by Gasteiger charge is 2.22. The van der Waals surface area contributed by atoms with Crippen LogP contribution in [0.25, 0.3) is 0 Å². The van der Waals surface area contributed by atoms with Crippen LogP contribution in [-0.4, -0.2) is 7.11 Å². The molecule has 0 aliphatic carbocycles. The highest BCUT2D eigenvalue weighted by Crippen LogP contribution is 2.38. The molecule has 0 amide bonds. The topological polar surface area (TPSA) is 22.4 Å². The average Bonchev–Trinajstić information content (AvgIpc) is 2.62. The van der Waals surface area contributed by atoms with E-state index in [1.165, 1.54) is 0 Å². The van der Waals surface area contributed by atoms with Crippen molar-refractivity contribution in [1.82, 2.24) is 0 Å². The first kappa shape index (κ1) is 14.0. The summed E-state index contributed by atoms with van der Waals surface area (Å²) in [6, 6.07) is 5.96. The Morgan fingerprint density at radius 1 is 1.11 bits per heavy atom. The zero-order chi connectivity index (χ0) is 14.2. The quantitative estimate of drug-likeness (QED) is 0.749. The van der Waals surface area contributed by atoms with Crippen molar-refractivity contribution in [2.75, 3.05) is 7.11 Å². The van der Waals surface area contributed by atoms with Gasteiger partial charge in [-0.05, 0) is 56.5 Å². The van der Waals surface area contributed by atoms with Crippen molar-refractivity contribution in [1.29, 1.82) is 0 Å². The van der Waals surface area contributed by atoms with E-state index in [1.807, 2.05) is 39.0 Å². The fourth-order valence-corrected chi connectivity index (χ4v) is 2.96. The van der Waals surface area contributed by atoms with Gasteiger partial charge in [0.25, 0.3) is 0 Å². The Morgan fingerprint density at radius 2 is 1.79 bits per heavy atom. The van der Waals surface area contributed by atoms with Crippen molar-refractivity contribution in [2.45, 2.75) is 33.1 Å². The minimum absolute atomic E-state index is 0.191. The molecule has 1 atom stereocenters. The van der Waals surface area contributed by atoms with E-state index in [0.717, 1.165) is 39.5 Å². The summed E-state index contributed by atoms with van der Waals surface area (Å²) in [6.45, 7) is 8.03. The second-order valence-electron chi connectivity index (χ2n) is 4.84. The van der Waals surface area contributed by atoms with Gasteiger partial charge in [0.1, 0.15) is 17.3 Å². The normalized spacial score (nSPS) is 12.5. The molecule has 19 heavy (non-hydrogen) atoms. The van der Waals surface area contributed by atoms with Crippen molar-refractivity contribution in [3.63, 3.8) is 0 Å². The van der Waals surface area contributed by atoms with E-state index in [-0.39, 0.29) is 5.38 Å². The van der Waals surface area contributed by atoms with Gasteiger partial charge in [-0.15, -0.1) is 11.6 Å². The summed E-state index contributed by atoms with van der Waals surface area (Å²) < 4.78 is 10.9. The minimum atomic E-state index is -0.191. The lowest BCUT2D eigenvalue weighted by molar-refractivity contribution is 0.414. The molecule has 0 aliphatic heterocycles. The van der Waals surface area contributed by atoms with Gasteiger partial charge in [-0.25, -0.2) is 0 Å². The Hall–Kier alpha value is -1.41. The standard InChI is InChI=1S/C16H19ClO2/c1-9-8-13(18-5)6-7-14(9)16(17)15-10(2)11(3)19-12(15)4/h6-8,16H,1-5H3. The maximum Gasteiger partial charge on any atom is 0.119 e. The van der Waals surface area contributed by atoms with Gasteiger partial charge in [-0.1, -0.05) is 6.07 Å². The highest BCUT2D eigenvalue weighted by molar-refractivity contribution is 6.23. The van der Waals surface area contributed by atoms with Crippen LogP contribution in [0.3, 0.4) is 0 Å². The molecule has 2 aromatic rings. The molecule has 0 saturated heterocycles. The maximum atomic E-state index is 6.66. The molecular formula is C16H19ClO2. The first-order chi connectivity index (χ1) is 8.95. The van der Waals surface area contributed by atoms with Crippen LogP contribution in [0.5, 0.6) is 5.75 Å². The van der Waals surface area contributed by atoms with Crippen LogP contribution in [-0.2, 0) is 0 Å². The SMILES string of the molecule is COc1ccc(C(Cl)c2c(C)oc(C)c2C)c(C)c1. The summed E-state index contributed by atoms with van der Waals surface area (Å²) in [6.07, 6.45) is 0. The monoisotopic (exact) mass is 278 g/mol. The molecule has 2 nitrogen and oxygen atoms in total. The Balaban J connectivity index is 2.47. The second kappa shape index (κ2) is 5.30. The average molecular weight is 279 g/mol. The van der Waals surface area contributed by atoms with E-state index in [9.17, 15) is 0 Å². The molecule has 0 N–H and O–H groups in total. The molecular weight excluding hydrogens is 260 g/mol. The first-order valence-electron chi connectivity index (χ1n) is 6.30. The fourth-order valence-electron chi connectivity index (χ4n) is 2.40. The number of rotatable bonds is 3. The molecule has 0 bridgehead atoms. The first-order valence-corrected chi connectivity index (χ1v) is 6.74. The fraction of sp³-hybridized carbons (Fsp3) is 0.375. The Kier molecular flexibility index (Phi) is 3.91. The molecule has 1 unspecified atom stereocenters. The van der Waals surface area contributed by atoms with Crippen LogP contribution in [0.15, 0.2) is 22.6 Å². The van der Waals surface area contributed by atoms with E-state index >= 15 is 0 Å². The number of hydrogen-bond donors (Lipinski definition) is 0. The highest BCUT2D eigenvalue weighted by atomic mass is 35.5. The number of hydrogen-bond acceptors (Lipinski definition) is 2. The van der Waals surface area contributed by atoms with Crippen LogP contribution >= 0.6 is 11.6 Å². The third kappa shape index (κ3) is 2.50. The smallest absolute Gasteiger partial charge is 0.119 e. The Labute approximate surface area is 119 Å². The van der Waals surface area contributed by atoms with Crippen molar-refractivity contribution in [3.8, 4) is 5.75 Å². The summed E-state index contributed by atoms with van der Waals surface area (Å²) in [5, 5.41) is -0.191. The van der Waals surface area contributed by atoms with Crippen LogP contribution in [0.4, 0.5) is 0 Å². The zero-order valence-corrected chi connectivity index (χ0v) is 12.8. The van der Waals surface area contributed by atoms with Crippen molar-refractivity contribution in [2.24, 2.45) is 0 Å². The van der Waals surface area contributed by atoms with Gasteiger partial charge in [0.2, 0.25) is 0 Å².